The zero-order valence-electron chi connectivity index (χ0n) is 21.1. The van der Waals surface area contributed by atoms with Crippen LogP contribution < -0.4 is 0 Å². The molecule has 4 atom stereocenters. The second-order valence-corrected chi connectivity index (χ2v) is 10.9. The number of fused-ring (bicyclic) bond motifs is 1. The summed E-state index contributed by atoms with van der Waals surface area (Å²) >= 11 is 0. The highest BCUT2D eigenvalue weighted by molar-refractivity contribution is 6.54. The molecule has 0 bridgehead atoms. The van der Waals surface area contributed by atoms with Crippen LogP contribution in [0.5, 0.6) is 0 Å². The molecule has 0 aliphatic heterocycles. The standard InChI is InChI=1S/C31H36O3/c1-18(2)29(32)31(34)26-12-11-23-9-10-24(17-28(23)26)30(33)27-15-20(4)25(14-21(27)5)16-22-8-6-7-19(3)13-22/h6-10,12-13,17-18,20-21,25,27H,11,14-16H2,1-5H3. The van der Waals surface area contributed by atoms with Gasteiger partial charge in [-0.1, -0.05) is 75.7 Å². The Labute approximate surface area is 203 Å². The first-order valence-corrected chi connectivity index (χ1v) is 12.7. The summed E-state index contributed by atoms with van der Waals surface area (Å²) in [7, 11) is 0. The molecule has 2 aromatic carbocycles. The van der Waals surface area contributed by atoms with E-state index in [1.807, 2.05) is 24.3 Å². The van der Waals surface area contributed by atoms with Gasteiger partial charge in [0.1, 0.15) is 0 Å². The topological polar surface area (TPSA) is 51.2 Å². The Morgan fingerprint density at radius 3 is 2.44 bits per heavy atom. The molecular formula is C31H36O3. The minimum absolute atomic E-state index is 0.0105. The molecule has 34 heavy (non-hydrogen) atoms. The number of allylic oxidation sites excluding steroid dienone is 2. The average Bonchev–Trinajstić information content (AvgIpc) is 3.23. The fourth-order valence-corrected chi connectivity index (χ4v) is 5.80. The minimum atomic E-state index is -0.433. The molecule has 3 nitrogen and oxygen atoms in total. The van der Waals surface area contributed by atoms with Crippen LogP contribution in [0.2, 0.25) is 0 Å². The summed E-state index contributed by atoms with van der Waals surface area (Å²) in [6, 6.07) is 14.5. The van der Waals surface area contributed by atoms with Gasteiger partial charge in [-0.3, -0.25) is 14.4 Å². The number of hydrogen-bond acceptors (Lipinski definition) is 3. The summed E-state index contributed by atoms with van der Waals surface area (Å²) in [4.78, 5) is 38.7. The van der Waals surface area contributed by atoms with Gasteiger partial charge in [-0.15, -0.1) is 0 Å². The molecule has 0 radical (unpaired) electrons. The zero-order chi connectivity index (χ0) is 24.6. The number of ketones is 3. The average molecular weight is 457 g/mol. The van der Waals surface area contributed by atoms with Crippen LogP contribution in [0.1, 0.15) is 73.1 Å². The van der Waals surface area contributed by atoms with Gasteiger partial charge in [0.15, 0.2) is 5.78 Å². The molecule has 0 amide bonds. The predicted octanol–water partition coefficient (Wildman–Crippen LogP) is 6.45. The van der Waals surface area contributed by atoms with Gasteiger partial charge in [0.05, 0.1) is 0 Å². The van der Waals surface area contributed by atoms with Gasteiger partial charge in [-0.25, -0.2) is 0 Å². The van der Waals surface area contributed by atoms with Crippen molar-refractivity contribution < 1.29 is 14.4 Å². The second-order valence-electron chi connectivity index (χ2n) is 10.9. The summed E-state index contributed by atoms with van der Waals surface area (Å²) in [6.07, 6.45) is 5.47. The van der Waals surface area contributed by atoms with Crippen LogP contribution in [0, 0.1) is 36.5 Å². The van der Waals surface area contributed by atoms with E-state index >= 15 is 0 Å². The Bertz CT molecular complexity index is 1150. The number of carbonyl (C=O) groups excluding carboxylic acids is 3. The summed E-state index contributed by atoms with van der Waals surface area (Å²) in [5.41, 5.74) is 5.58. The highest BCUT2D eigenvalue weighted by atomic mass is 16.2. The summed E-state index contributed by atoms with van der Waals surface area (Å²) in [5, 5.41) is 0. The van der Waals surface area contributed by atoms with E-state index in [1.54, 1.807) is 13.8 Å². The van der Waals surface area contributed by atoms with Crippen LogP contribution >= 0.6 is 0 Å². The van der Waals surface area contributed by atoms with Gasteiger partial charge in [-0.2, -0.15) is 0 Å². The molecule has 3 heteroatoms. The number of rotatable bonds is 7. The number of Topliss-reactive ketones (excluding diaryl/α,β-unsaturated/α-hetero) is 3. The molecule has 2 aliphatic carbocycles. The van der Waals surface area contributed by atoms with E-state index in [9.17, 15) is 14.4 Å². The molecule has 4 unspecified atom stereocenters. The quantitative estimate of drug-likeness (QED) is 0.355. The lowest BCUT2D eigenvalue weighted by molar-refractivity contribution is -0.135. The lowest BCUT2D eigenvalue weighted by Crippen LogP contribution is -2.35. The number of hydrogen-bond donors (Lipinski definition) is 0. The summed E-state index contributed by atoms with van der Waals surface area (Å²) < 4.78 is 0. The molecular weight excluding hydrogens is 420 g/mol. The van der Waals surface area contributed by atoms with Crippen LogP contribution in [0.3, 0.4) is 0 Å². The van der Waals surface area contributed by atoms with E-state index in [2.05, 4.69) is 45.0 Å². The van der Waals surface area contributed by atoms with Crippen molar-refractivity contribution in [3.05, 3.63) is 76.4 Å². The molecule has 178 valence electrons. The van der Waals surface area contributed by atoms with Crippen molar-refractivity contribution in [1.29, 1.82) is 0 Å². The minimum Gasteiger partial charge on any atom is -0.294 e. The maximum Gasteiger partial charge on any atom is 0.229 e. The zero-order valence-corrected chi connectivity index (χ0v) is 21.1. The molecule has 0 heterocycles. The summed E-state index contributed by atoms with van der Waals surface area (Å²) in [5.74, 6) is 0.386. The first kappa shape index (κ1) is 24.3. The van der Waals surface area contributed by atoms with Crippen molar-refractivity contribution in [1.82, 2.24) is 0 Å². The molecule has 1 fully saturated rings. The Morgan fingerprint density at radius 1 is 0.971 bits per heavy atom. The van der Waals surface area contributed by atoms with E-state index < -0.39 is 5.78 Å². The van der Waals surface area contributed by atoms with E-state index in [4.69, 9.17) is 0 Å². The molecule has 0 aromatic heterocycles. The first-order valence-electron chi connectivity index (χ1n) is 12.7. The van der Waals surface area contributed by atoms with Crippen LogP contribution in [-0.4, -0.2) is 17.3 Å². The third-order valence-electron chi connectivity index (χ3n) is 7.91. The van der Waals surface area contributed by atoms with Crippen molar-refractivity contribution in [2.45, 2.75) is 60.3 Å². The molecule has 2 aromatic rings. The molecule has 0 saturated heterocycles. The van der Waals surface area contributed by atoms with E-state index in [0.29, 0.717) is 35.3 Å². The van der Waals surface area contributed by atoms with Gasteiger partial charge in [0.25, 0.3) is 0 Å². The van der Waals surface area contributed by atoms with Crippen molar-refractivity contribution in [3.8, 4) is 0 Å². The fourth-order valence-electron chi connectivity index (χ4n) is 5.80. The molecule has 0 spiro atoms. The number of aryl methyl sites for hydroxylation is 1. The van der Waals surface area contributed by atoms with Crippen LogP contribution in [-0.2, 0) is 22.4 Å². The van der Waals surface area contributed by atoms with Crippen molar-refractivity contribution in [2.75, 3.05) is 0 Å². The van der Waals surface area contributed by atoms with Gasteiger partial charge < -0.3 is 0 Å². The second kappa shape index (κ2) is 9.82. The SMILES string of the molecule is Cc1cccc(CC2CC(C)C(C(=O)c3ccc4c(c3)C(C(=O)C(=O)C(C)C)=CC4)CC2C)c1. The maximum absolute atomic E-state index is 13.6. The lowest BCUT2D eigenvalue weighted by atomic mass is 9.66. The molecule has 2 aliphatic rings. The highest BCUT2D eigenvalue weighted by Crippen LogP contribution is 2.41. The van der Waals surface area contributed by atoms with Gasteiger partial charge in [0, 0.05) is 23.0 Å². The lowest BCUT2D eigenvalue weighted by Gasteiger charge is -2.38. The van der Waals surface area contributed by atoms with Crippen molar-refractivity contribution in [2.24, 2.45) is 29.6 Å². The fraction of sp³-hybridized carbons (Fsp3) is 0.452. The van der Waals surface area contributed by atoms with Gasteiger partial charge in [0.2, 0.25) is 11.6 Å². The Hall–Kier alpha value is -2.81. The Kier molecular flexibility index (Phi) is 7.02. The monoisotopic (exact) mass is 456 g/mol. The first-order chi connectivity index (χ1) is 16.2. The number of carbonyl (C=O) groups is 3. The highest BCUT2D eigenvalue weighted by Gasteiger charge is 2.37. The van der Waals surface area contributed by atoms with Crippen molar-refractivity contribution in [3.63, 3.8) is 0 Å². The van der Waals surface area contributed by atoms with Crippen LogP contribution in [0.15, 0.2) is 48.5 Å². The van der Waals surface area contributed by atoms with E-state index in [-0.39, 0.29) is 23.4 Å². The maximum atomic E-state index is 13.6. The van der Waals surface area contributed by atoms with E-state index in [1.165, 1.54) is 11.1 Å². The smallest absolute Gasteiger partial charge is 0.229 e. The Morgan fingerprint density at radius 2 is 1.74 bits per heavy atom. The normalized spacial score (nSPS) is 24.0. The third kappa shape index (κ3) is 4.85. The van der Waals surface area contributed by atoms with E-state index in [0.717, 1.165) is 30.4 Å². The van der Waals surface area contributed by atoms with Gasteiger partial charge >= 0.3 is 0 Å². The van der Waals surface area contributed by atoms with Crippen LogP contribution in [0.4, 0.5) is 0 Å². The largest absolute Gasteiger partial charge is 0.294 e. The predicted molar refractivity (Wildman–Crippen MR) is 137 cm³/mol. The molecule has 4 rings (SSSR count). The number of benzene rings is 2. The Balaban J connectivity index is 1.50. The van der Waals surface area contributed by atoms with Crippen LogP contribution in [0.25, 0.3) is 5.57 Å². The van der Waals surface area contributed by atoms with Crippen molar-refractivity contribution >= 4 is 22.9 Å². The summed E-state index contributed by atoms with van der Waals surface area (Å²) in [6.45, 7) is 10.1. The third-order valence-corrected chi connectivity index (χ3v) is 7.91. The van der Waals surface area contributed by atoms with Gasteiger partial charge in [-0.05, 0) is 73.1 Å². The molecule has 1 saturated carbocycles. The molecule has 0 N–H and O–H groups in total.